The van der Waals surface area contributed by atoms with Crippen LogP contribution in [0, 0.1) is 0 Å². The lowest BCUT2D eigenvalue weighted by atomic mass is 9.73. The van der Waals surface area contributed by atoms with Crippen LogP contribution in [0.15, 0.2) is 91.0 Å². The first-order chi connectivity index (χ1) is 14.8. The van der Waals surface area contributed by atoms with Crippen molar-refractivity contribution in [3.8, 4) is 0 Å². The fourth-order valence-corrected chi connectivity index (χ4v) is 4.49. The Kier molecular flexibility index (Phi) is 6.96. The lowest BCUT2D eigenvalue weighted by molar-refractivity contribution is -0.0279. The second kappa shape index (κ2) is 10.0. The molecule has 1 heterocycles. The van der Waals surface area contributed by atoms with Crippen molar-refractivity contribution in [2.45, 2.75) is 24.4 Å². The smallest absolute Gasteiger partial charge is 0.0980 e. The Balaban J connectivity index is 1.70. The lowest BCUT2D eigenvalue weighted by Gasteiger charge is -2.41. The van der Waals surface area contributed by atoms with Gasteiger partial charge >= 0.3 is 0 Å². The fourth-order valence-electron chi connectivity index (χ4n) is 4.49. The summed E-state index contributed by atoms with van der Waals surface area (Å²) in [5.74, 6) is -0.0251. The Morgan fingerprint density at radius 1 is 0.800 bits per heavy atom. The molecule has 3 aromatic rings. The minimum Gasteiger partial charge on any atom is -0.384 e. The molecule has 3 heteroatoms. The summed E-state index contributed by atoms with van der Waals surface area (Å²) in [6.45, 7) is 4.15. The number of morpholine rings is 1. The van der Waals surface area contributed by atoms with Crippen LogP contribution in [-0.4, -0.2) is 42.9 Å². The van der Waals surface area contributed by atoms with Crippen LogP contribution in [0.2, 0.25) is 0 Å². The Bertz CT molecular complexity index is 879. The molecule has 1 N–H and O–H groups in total. The molecule has 156 valence electrons. The summed E-state index contributed by atoms with van der Waals surface area (Å²) in [7, 11) is 0. The van der Waals surface area contributed by atoms with Gasteiger partial charge in [0.15, 0.2) is 0 Å². The van der Waals surface area contributed by atoms with E-state index in [1.54, 1.807) is 0 Å². The highest BCUT2D eigenvalue weighted by atomic mass is 16.5. The molecule has 0 bridgehead atoms. The second-order valence-corrected chi connectivity index (χ2v) is 8.15. The van der Waals surface area contributed by atoms with E-state index in [0.717, 1.165) is 44.8 Å². The number of nitrogens with zero attached hydrogens (tertiary/aromatic N) is 1. The van der Waals surface area contributed by atoms with Crippen LogP contribution in [0.25, 0.3) is 0 Å². The SMILES string of the molecule is O[C@](CCc1ccccc1)(c1ccccc1)[C@@H](CN1CCOCC1)c1ccccc1. The third kappa shape index (κ3) is 4.99. The van der Waals surface area contributed by atoms with Crippen LogP contribution in [0.3, 0.4) is 0 Å². The quantitative estimate of drug-likeness (QED) is 0.598. The number of hydrogen-bond donors (Lipinski definition) is 1. The van der Waals surface area contributed by atoms with E-state index in [2.05, 4.69) is 65.6 Å². The van der Waals surface area contributed by atoms with Gasteiger partial charge in [-0.2, -0.15) is 0 Å². The highest BCUT2D eigenvalue weighted by Crippen LogP contribution is 2.41. The summed E-state index contributed by atoms with van der Waals surface area (Å²) in [4.78, 5) is 2.43. The molecule has 0 radical (unpaired) electrons. The van der Waals surface area contributed by atoms with Gasteiger partial charge in [-0.05, 0) is 29.5 Å². The van der Waals surface area contributed by atoms with E-state index in [9.17, 15) is 5.11 Å². The maximum absolute atomic E-state index is 12.3. The van der Waals surface area contributed by atoms with E-state index in [1.807, 2.05) is 30.3 Å². The maximum atomic E-state index is 12.3. The fraction of sp³-hybridized carbons (Fsp3) is 0.333. The molecule has 1 saturated heterocycles. The Morgan fingerprint density at radius 3 is 2.00 bits per heavy atom. The lowest BCUT2D eigenvalue weighted by Crippen LogP contribution is -2.45. The molecule has 30 heavy (non-hydrogen) atoms. The van der Waals surface area contributed by atoms with Crippen molar-refractivity contribution in [1.29, 1.82) is 0 Å². The van der Waals surface area contributed by atoms with Crippen molar-refractivity contribution in [3.05, 3.63) is 108 Å². The van der Waals surface area contributed by atoms with E-state index in [1.165, 1.54) is 11.1 Å². The largest absolute Gasteiger partial charge is 0.384 e. The molecule has 0 unspecified atom stereocenters. The van der Waals surface area contributed by atoms with Crippen LogP contribution in [-0.2, 0) is 16.8 Å². The van der Waals surface area contributed by atoms with Gasteiger partial charge in [-0.15, -0.1) is 0 Å². The van der Waals surface area contributed by atoms with Gasteiger partial charge in [0, 0.05) is 25.6 Å². The van der Waals surface area contributed by atoms with Gasteiger partial charge in [-0.25, -0.2) is 0 Å². The van der Waals surface area contributed by atoms with Gasteiger partial charge in [0.1, 0.15) is 0 Å². The molecule has 2 atom stereocenters. The first kappa shape index (κ1) is 20.8. The molecule has 3 nitrogen and oxygen atoms in total. The van der Waals surface area contributed by atoms with E-state index in [0.29, 0.717) is 6.42 Å². The molecule has 3 aromatic carbocycles. The van der Waals surface area contributed by atoms with Gasteiger partial charge in [-0.3, -0.25) is 4.90 Å². The molecule has 0 saturated carbocycles. The maximum Gasteiger partial charge on any atom is 0.0980 e. The van der Waals surface area contributed by atoms with Crippen LogP contribution >= 0.6 is 0 Å². The van der Waals surface area contributed by atoms with Crippen LogP contribution in [0.5, 0.6) is 0 Å². The zero-order valence-electron chi connectivity index (χ0n) is 17.5. The first-order valence-corrected chi connectivity index (χ1v) is 10.9. The summed E-state index contributed by atoms with van der Waals surface area (Å²) in [6, 6.07) is 31.2. The van der Waals surface area contributed by atoms with Crippen LogP contribution in [0.4, 0.5) is 0 Å². The minimum absolute atomic E-state index is 0.0251. The summed E-state index contributed by atoms with van der Waals surface area (Å²) in [5, 5.41) is 12.3. The van der Waals surface area contributed by atoms with Crippen LogP contribution < -0.4 is 0 Å². The molecule has 1 fully saturated rings. The number of ether oxygens (including phenoxy) is 1. The standard InChI is InChI=1S/C27H31NO2/c29-27(25-14-8-3-9-15-25,17-16-23-10-4-1-5-11-23)26(24-12-6-2-7-13-24)22-28-18-20-30-21-19-28/h1-15,26,29H,16-22H2/t26-,27+/m0/s1. The van der Waals surface area contributed by atoms with Gasteiger partial charge in [-0.1, -0.05) is 91.0 Å². The number of aryl methyl sites for hydroxylation is 1. The Morgan fingerprint density at radius 2 is 1.37 bits per heavy atom. The van der Waals surface area contributed by atoms with Gasteiger partial charge in [0.25, 0.3) is 0 Å². The minimum atomic E-state index is -0.962. The average molecular weight is 402 g/mol. The monoisotopic (exact) mass is 401 g/mol. The van der Waals surface area contributed by atoms with Gasteiger partial charge in [0.05, 0.1) is 18.8 Å². The average Bonchev–Trinajstić information content (AvgIpc) is 2.83. The molecule has 4 rings (SSSR count). The van der Waals surface area contributed by atoms with Gasteiger partial charge < -0.3 is 9.84 Å². The third-order valence-electron chi connectivity index (χ3n) is 6.23. The predicted molar refractivity (Wildman–Crippen MR) is 122 cm³/mol. The summed E-state index contributed by atoms with van der Waals surface area (Å²) >= 11 is 0. The van der Waals surface area contributed by atoms with Crippen molar-refractivity contribution in [2.24, 2.45) is 0 Å². The highest BCUT2D eigenvalue weighted by Gasteiger charge is 2.40. The van der Waals surface area contributed by atoms with Crippen molar-refractivity contribution in [1.82, 2.24) is 4.90 Å². The number of rotatable bonds is 8. The highest BCUT2D eigenvalue weighted by molar-refractivity contribution is 5.32. The van der Waals surface area contributed by atoms with E-state index in [4.69, 9.17) is 4.74 Å². The number of benzene rings is 3. The Hall–Kier alpha value is -2.46. The number of aliphatic hydroxyl groups is 1. The summed E-state index contributed by atoms with van der Waals surface area (Å²) in [6.07, 6.45) is 1.50. The first-order valence-electron chi connectivity index (χ1n) is 10.9. The molecular formula is C27H31NO2. The molecule has 1 aliphatic heterocycles. The van der Waals surface area contributed by atoms with Crippen molar-refractivity contribution >= 4 is 0 Å². The molecular weight excluding hydrogens is 370 g/mol. The van der Waals surface area contributed by atoms with Crippen molar-refractivity contribution in [3.63, 3.8) is 0 Å². The zero-order chi connectivity index (χ0) is 20.7. The normalized spacial score (nSPS) is 17.9. The molecule has 0 amide bonds. The summed E-state index contributed by atoms with van der Waals surface area (Å²) in [5.41, 5.74) is 2.47. The molecule has 0 spiro atoms. The molecule has 0 aromatic heterocycles. The molecule has 1 aliphatic rings. The van der Waals surface area contributed by atoms with Crippen LogP contribution in [0.1, 0.15) is 29.0 Å². The predicted octanol–water partition coefficient (Wildman–Crippen LogP) is 4.62. The van der Waals surface area contributed by atoms with E-state index in [-0.39, 0.29) is 5.92 Å². The van der Waals surface area contributed by atoms with E-state index >= 15 is 0 Å². The van der Waals surface area contributed by atoms with Gasteiger partial charge in [0.2, 0.25) is 0 Å². The third-order valence-corrected chi connectivity index (χ3v) is 6.23. The zero-order valence-corrected chi connectivity index (χ0v) is 17.5. The van der Waals surface area contributed by atoms with E-state index < -0.39 is 5.60 Å². The van der Waals surface area contributed by atoms with Crippen molar-refractivity contribution in [2.75, 3.05) is 32.8 Å². The topological polar surface area (TPSA) is 32.7 Å². The Labute approximate surface area is 179 Å². The van der Waals surface area contributed by atoms with Crippen molar-refractivity contribution < 1.29 is 9.84 Å². The second-order valence-electron chi connectivity index (χ2n) is 8.15. The molecule has 0 aliphatic carbocycles. The summed E-state index contributed by atoms with van der Waals surface area (Å²) < 4.78 is 5.56. The number of hydrogen-bond acceptors (Lipinski definition) is 3.